The van der Waals surface area contributed by atoms with Gasteiger partial charge in [0.25, 0.3) is 0 Å². The second-order valence-electron chi connectivity index (χ2n) is 6.51. The Balaban J connectivity index is 1.47. The van der Waals surface area contributed by atoms with Crippen LogP contribution in [-0.2, 0) is 6.54 Å². The topological polar surface area (TPSA) is 69.9 Å². The van der Waals surface area contributed by atoms with Crippen molar-refractivity contribution in [3.05, 3.63) is 65.2 Å². The Morgan fingerprint density at radius 3 is 2.72 bits per heavy atom. The molecule has 0 unspecified atom stereocenters. The van der Waals surface area contributed by atoms with Gasteiger partial charge in [0.05, 0.1) is 7.11 Å². The average Bonchev–Trinajstić information content (AvgIpc) is 3.36. The lowest BCUT2D eigenvalue weighted by Gasteiger charge is -2.07. The van der Waals surface area contributed by atoms with E-state index in [0.29, 0.717) is 40.4 Å². The third kappa shape index (κ3) is 3.30. The van der Waals surface area contributed by atoms with E-state index in [4.69, 9.17) is 25.8 Å². The summed E-state index contributed by atoms with van der Waals surface area (Å²) in [6.45, 7) is 0.854. The molecule has 5 rings (SSSR count). The summed E-state index contributed by atoms with van der Waals surface area (Å²) in [6, 6.07) is 17.2. The number of methoxy groups -OCH3 is 1. The fourth-order valence-electron chi connectivity index (χ4n) is 3.22. The van der Waals surface area contributed by atoms with Crippen LogP contribution in [0.5, 0.6) is 17.4 Å². The summed E-state index contributed by atoms with van der Waals surface area (Å²) >= 11 is 5.94. The van der Waals surface area contributed by atoms with Gasteiger partial charge in [0.15, 0.2) is 17.1 Å². The molecule has 7 nitrogen and oxygen atoms in total. The first-order chi connectivity index (χ1) is 14.2. The van der Waals surface area contributed by atoms with Crippen LogP contribution in [0.4, 0.5) is 5.82 Å². The van der Waals surface area contributed by atoms with Crippen molar-refractivity contribution in [1.82, 2.24) is 14.6 Å². The summed E-state index contributed by atoms with van der Waals surface area (Å²) in [5.41, 5.74) is 3.35. The number of hydrogen-bond donors (Lipinski definition) is 1. The fraction of sp³-hybridized carbons (Fsp3) is 0.143. The zero-order valence-corrected chi connectivity index (χ0v) is 16.3. The molecule has 0 radical (unpaired) electrons. The van der Waals surface area contributed by atoms with Crippen LogP contribution in [0.2, 0.25) is 5.02 Å². The summed E-state index contributed by atoms with van der Waals surface area (Å²) in [4.78, 5) is 4.68. The van der Waals surface area contributed by atoms with E-state index in [0.717, 1.165) is 16.9 Å². The Kier molecular flexibility index (Phi) is 4.37. The maximum atomic E-state index is 5.94. The van der Waals surface area contributed by atoms with E-state index in [1.165, 1.54) is 0 Å². The molecule has 29 heavy (non-hydrogen) atoms. The molecule has 0 spiro atoms. The highest BCUT2D eigenvalue weighted by atomic mass is 35.5. The molecule has 0 saturated heterocycles. The molecule has 3 heterocycles. The highest BCUT2D eigenvalue weighted by molar-refractivity contribution is 6.30. The molecule has 146 valence electrons. The van der Waals surface area contributed by atoms with Gasteiger partial charge in [0.2, 0.25) is 12.7 Å². The summed E-state index contributed by atoms with van der Waals surface area (Å²) < 4.78 is 18.2. The molecule has 1 aliphatic rings. The molecular formula is C21H17ClN4O3. The van der Waals surface area contributed by atoms with Gasteiger partial charge in [-0.15, -0.1) is 5.10 Å². The molecule has 8 heteroatoms. The van der Waals surface area contributed by atoms with Gasteiger partial charge in [-0.05, 0) is 48.0 Å². The Labute approximate surface area is 171 Å². The number of aromatic nitrogens is 3. The van der Waals surface area contributed by atoms with Crippen molar-refractivity contribution in [3.8, 4) is 28.6 Å². The predicted molar refractivity (Wildman–Crippen MR) is 110 cm³/mol. The van der Waals surface area contributed by atoms with Crippen molar-refractivity contribution in [2.45, 2.75) is 6.54 Å². The Bertz CT molecular complexity index is 1190. The van der Waals surface area contributed by atoms with E-state index in [-0.39, 0.29) is 6.79 Å². The van der Waals surface area contributed by atoms with Crippen LogP contribution in [0.1, 0.15) is 5.56 Å². The number of anilines is 1. The van der Waals surface area contributed by atoms with Gasteiger partial charge in [0.1, 0.15) is 11.5 Å². The second kappa shape index (κ2) is 7.18. The molecule has 0 amide bonds. The number of nitrogens with one attached hydrogen (secondary N) is 1. The van der Waals surface area contributed by atoms with Crippen LogP contribution in [-0.4, -0.2) is 28.5 Å². The van der Waals surface area contributed by atoms with Crippen molar-refractivity contribution in [3.63, 3.8) is 0 Å². The van der Waals surface area contributed by atoms with E-state index in [2.05, 4.69) is 15.4 Å². The number of hydrogen-bond acceptors (Lipinski definition) is 6. The first-order valence-electron chi connectivity index (χ1n) is 9.03. The van der Waals surface area contributed by atoms with Crippen LogP contribution < -0.4 is 19.5 Å². The van der Waals surface area contributed by atoms with E-state index in [1.54, 1.807) is 11.6 Å². The second-order valence-corrected chi connectivity index (χ2v) is 6.94. The number of fused-ring (bicyclic) bond motifs is 2. The van der Waals surface area contributed by atoms with Crippen LogP contribution in [0.3, 0.4) is 0 Å². The third-order valence-corrected chi connectivity index (χ3v) is 4.91. The molecule has 1 N–H and O–H groups in total. The van der Waals surface area contributed by atoms with E-state index >= 15 is 0 Å². The monoisotopic (exact) mass is 408 g/mol. The molecule has 2 aromatic carbocycles. The molecule has 2 aromatic heterocycles. The highest BCUT2D eigenvalue weighted by Crippen LogP contribution is 2.38. The van der Waals surface area contributed by atoms with Gasteiger partial charge in [-0.1, -0.05) is 23.7 Å². The summed E-state index contributed by atoms with van der Waals surface area (Å²) in [5.74, 6) is 2.68. The Hall–Kier alpha value is -3.45. The summed E-state index contributed by atoms with van der Waals surface area (Å²) in [7, 11) is 1.61. The lowest BCUT2D eigenvalue weighted by molar-refractivity contribution is 0.174. The molecule has 4 aromatic rings. The zero-order chi connectivity index (χ0) is 19.8. The maximum absolute atomic E-state index is 5.94. The van der Waals surface area contributed by atoms with Gasteiger partial charge in [0, 0.05) is 17.1 Å². The van der Waals surface area contributed by atoms with Crippen LogP contribution in [0, 0.1) is 0 Å². The minimum Gasteiger partial charge on any atom is -0.479 e. The predicted octanol–water partition coefficient (Wildman–Crippen LogP) is 4.40. The van der Waals surface area contributed by atoms with Crippen LogP contribution in [0.25, 0.3) is 16.9 Å². The Morgan fingerprint density at radius 1 is 1.07 bits per heavy atom. The number of halogens is 1. The van der Waals surface area contributed by atoms with Crippen molar-refractivity contribution >= 4 is 23.1 Å². The zero-order valence-electron chi connectivity index (χ0n) is 15.6. The van der Waals surface area contributed by atoms with Gasteiger partial charge >= 0.3 is 0 Å². The van der Waals surface area contributed by atoms with Gasteiger partial charge < -0.3 is 19.5 Å². The Morgan fingerprint density at radius 2 is 1.90 bits per heavy atom. The fourth-order valence-corrected chi connectivity index (χ4v) is 3.34. The minimum atomic E-state index is 0.227. The smallest absolute Gasteiger partial charge is 0.243 e. The number of benzene rings is 2. The van der Waals surface area contributed by atoms with E-state index in [9.17, 15) is 0 Å². The SMILES string of the molecule is COc1c(-c2ccc3c(c2)OCO3)nc2ccc(NCc3ccc(Cl)cc3)nn12. The molecule has 0 bridgehead atoms. The van der Waals surface area contributed by atoms with Crippen molar-refractivity contribution in [2.75, 3.05) is 19.2 Å². The molecular weight excluding hydrogens is 392 g/mol. The summed E-state index contributed by atoms with van der Waals surface area (Å²) in [5, 5.41) is 8.66. The quantitative estimate of drug-likeness (QED) is 0.528. The first-order valence-corrected chi connectivity index (χ1v) is 9.41. The van der Waals surface area contributed by atoms with Crippen molar-refractivity contribution in [1.29, 1.82) is 0 Å². The number of rotatable bonds is 5. The van der Waals surface area contributed by atoms with Gasteiger partial charge in [-0.3, -0.25) is 0 Å². The van der Waals surface area contributed by atoms with Crippen LogP contribution in [0.15, 0.2) is 54.6 Å². The summed E-state index contributed by atoms with van der Waals surface area (Å²) in [6.07, 6.45) is 0. The molecule has 0 fully saturated rings. The normalized spacial score (nSPS) is 12.3. The number of nitrogens with zero attached hydrogens (tertiary/aromatic N) is 3. The molecule has 0 atom stereocenters. The standard InChI is InChI=1S/C21H17ClN4O3/c1-27-21-20(14-4-7-16-17(10-14)29-12-28-16)24-19-9-8-18(25-26(19)21)23-11-13-2-5-15(22)6-3-13/h2-10H,11-12H2,1H3,(H,23,25). The average molecular weight is 409 g/mol. The third-order valence-electron chi connectivity index (χ3n) is 4.66. The molecule has 0 aliphatic carbocycles. The first kappa shape index (κ1) is 17.6. The largest absolute Gasteiger partial charge is 0.479 e. The van der Waals surface area contributed by atoms with Gasteiger partial charge in [-0.25, -0.2) is 4.98 Å². The van der Waals surface area contributed by atoms with Crippen molar-refractivity contribution < 1.29 is 14.2 Å². The lowest BCUT2D eigenvalue weighted by Crippen LogP contribution is -2.04. The minimum absolute atomic E-state index is 0.227. The molecule has 0 saturated carbocycles. The van der Waals surface area contributed by atoms with E-state index in [1.807, 2.05) is 54.6 Å². The van der Waals surface area contributed by atoms with E-state index < -0.39 is 0 Å². The number of ether oxygens (including phenoxy) is 3. The molecule has 1 aliphatic heterocycles. The van der Waals surface area contributed by atoms with Gasteiger partial charge in [-0.2, -0.15) is 4.52 Å². The lowest BCUT2D eigenvalue weighted by atomic mass is 10.1. The highest BCUT2D eigenvalue weighted by Gasteiger charge is 2.20. The van der Waals surface area contributed by atoms with Crippen LogP contribution >= 0.6 is 11.6 Å². The number of imidazole rings is 1. The van der Waals surface area contributed by atoms with Crippen molar-refractivity contribution in [2.24, 2.45) is 0 Å². The maximum Gasteiger partial charge on any atom is 0.243 e.